The molecule has 1 aliphatic rings. The Labute approximate surface area is 165 Å². The van der Waals surface area contributed by atoms with Crippen LogP contribution in [0.2, 0.25) is 0 Å². The van der Waals surface area contributed by atoms with Crippen LogP contribution in [0.3, 0.4) is 0 Å². The van der Waals surface area contributed by atoms with Gasteiger partial charge in [-0.3, -0.25) is 9.59 Å². The average molecular weight is 398 g/mol. The Morgan fingerprint density at radius 2 is 1.96 bits per heavy atom. The number of hydrogen-bond acceptors (Lipinski definition) is 6. The quantitative estimate of drug-likeness (QED) is 0.603. The lowest BCUT2D eigenvalue weighted by Gasteiger charge is -2.04. The molecule has 1 fully saturated rings. The third-order valence-electron chi connectivity index (χ3n) is 4.56. The van der Waals surface area contributed by atoms with E-state index in [0.29, 0.717) is 30.0 Å². The normalized spacial score (nSPS) is 13.5. The lowest BCUT2D eigenvalue weighted by molar-refractivity contribution is 0.0959. The molecule has 4 rings (SSSR count). The van der Waals surface area contributed by atoms with E-state index in [1.165, 1.54) is 0 Å². The summed E-state index contributed by atoms with van der Waals surface area (Å²) < 4.78 is 0. The smallest absolute Gasteiger partial charge is 0.251 e. The molecular weight excluding hydrogens is 378 g/mol. The molecule has 1 aliphatic carbocycles. The maximum Gasteiger partial charge on any atom is 0.251 e. The monoisotopic (exact) mass is 397 g/mol. The molecule has 2 heterocycles. The van der Waals surface area contributed by atoms with Crippen LogP contribution in [-0.2, 0) is 6.42 Å². The van der Waals surface area contributed by atoms with E-state index in [-0.39, 0.29) is 11.7 Å². The fourth-order valence-electron chi connectivity index (χ4n) is 2.92. The molecule has 0 radical (unpaired) electrons. The second-order valence-corrected chi connectivity index (χ2v) is 8.47. The van der Waals surface area contributed by atoms with Crippen molar-refractivity contribution in [3.05, 3.63) is 57.5 Å². The highest BCUT2D eigenvalue weighted by Gasteiger charge is 2.32. The van der Waals surface area contributed by atoms with Crippen molar-refractivity contribution in [1.82, 2.24) is 15.3 Å². The van der Waals surface area contributed by atoms with Crippen LogP contribution in [0.15, 0.2) is 35.8 Å². The highest BCUT2D eigenvalue weighted by molar-refractivity contribution is 7.20. The first-order valence-electron chi connectivity index (χ1n) is 8.90. The number of benzene rings is 1. The Bertz CT molecular complexity index is 958. The molecule has 1 saturated carbocycles. The molecular formula is C20H19N3O2S2. The Morgan fingerprint density at radius 3 is 2.59 bits per heavy atom. The van der Waals surface area contributed by atoms with Crippen LogP contribution in [0.1, 0.15) is 56.5 Å². The van der Waals surface area contributed by atoms with E-state index in [0.717, 1.165) is 33.3 Å². The molecule has 0 spiro atoms. The van der Waals surface area contributed by atoms with Gasteiger partial charge in [0, 0.05) is 35.5 Å². The van der Waals surface area contributed by atoms with Crippen LogP contribution < -0.4 is 5.32 Å². The number of thiazole rings is 2. The number of nitrogens with zero attached hydrogens (tertiary/aromatic N) is 2. The van der Waals surface area contributed by atoms with E-state index in [1.807, 2.05) is 17.5 Å². The summed E-state index contributed by atoms with van der Waals surface area (Å²) in [6, 6.07) is 7.39. The second-order valence-electron chi connectivity index (χ2n) is 6.54. The number of ketones is 1. The minimum absolute atomic E-state index is 0.0892. The Kier molecular flexibility index (Phi) is 5.13. The molecule has 3 aromatic rings. The van der Waals surface area contributed by atoms with Gasteiger partial charge >= 0.3 is 0 Å². The van der Waals surface area contributed by atoms with Crippen LogP contribution in [0.4, 0.5) is 0 Å². The molecule has 7 heteroatoms. The van der Waals surface area contributed by atoms with E-state index in [9.17, 15) is 9.59 Å². The van der Waals surface area contributed by atoms with Crippen LogP contribution in [0.5, 0.6) is 0 Å². The molecule has 5 nitrogen and oxygen atoms in total. The standard InChI is InChI=1S/C20H19N3O2S2/c1-21-18(25)14-5-2-12(3-6-14)4-9-15(24)16-17(13-7-8-13)27-20(23-16)19-22-10-11-26-19/h2-3,5-6,10-11,13H,4,7-9H2,1H3,(H,21,25). The number of Topliss-reactive ketones (excluding diaryl/α,β-unsaturated/α-hetero) is 1. The van der Waals surface area contributed by atoms with Crippen LogP contribution in [-0.4, -0.2) is 28.7 Å². The Hall–Kier alpha value is -2.38. The average Bonchev–Trinajstić information content (AvgIpc) is 3.21. The van der Waals surface area contributed by atoms with Gasteiger partial charge in [0.1, 0.15) is 5.69 Å². The maximum absolute atomic E-state index is 12.8. The summed E-state index contributed by atoms with van der Waals surface area (Å²) in [5.74, 6) is 0.470. The van der Waals surface area contributed by atoms with Crippen molar-refractivity contribution in [3.63, 3.8) is 0 Å². The molecule has 138 valence electrons. The third-order valence-corrected chi connectivity index (χ3v) is 6.70. The first-order chi connectivity index (χ1) is 13.2. The van der Waals surface area contributed by atoms with E-state index < -0.39 is 0 Å². The molecule has 27 heavy (non-hydrogen) atoms. The minimum Gasteiger partial charge on any atom is -0.355 e. The molecule has 0 unspecified atom stereocenters. The number of hydrogen-bond donors (Lipinski definition) is 1. The Balaban J connectivity index is 1.47. The van der Waals surface area contributed by atoms with E-state index >= 15 is 0 Å². The van der Waals surface area contributed by atoms with Crippen molar-refractivity contribution >= 4 is 34.4 Å². The number of carbonyl (C=O) groups is 2. The Morgan fingerprint density at radius 1 is 1.19 bits per heavy atom. The molecule has 1 amide bonds. The van der Waals surface area contributed by atoms with Gasteiger partial charge in [-0.15, -0.1) is 22.7 Å². The highest BCUT2D eigenvalue weighted by Crippen LogP contribution is 2.46. The summed E-state index contributed by atoms with van der Waals surface area (Å²) in [5.41, 5.74) is 2.30. The van der Waals surface area contributed by atoms with Gasteiger partial charge in [0.25, 0.3) is 5.91 Å². The van der Waals surface area contributed by atoms with Crippen molar-refractivity contribution in [2.45, 2.75) is 31.6 Å². The lowest BCUT2D eigenvalue weighted by atomic mass is 10.0. The van der Waals surface area contributed by atoms with Crippen molar-refractivity contribution in [1.29, 1.82) is 0 Å². The zero-order valence-corrected chi connectivity index (χ0v) is 16.5. The van der Waals surface area contributed by atoms with Gasteiger partial charge in [0.2, 0.25) is 0 Å². The lowest BCUT2D eigenvalue weighted by Crippen LogP contribution is -2.17. The number of aryl methyl sites for hydroxylation is 1. The fourth-order valence-corrected chi connectivity index (χ4v) is 4.85. The van der Waals surface area contributed by atoms with Gasteiger partial charge < -0.3 is 5.32 Å². The number of amides is 1. The van der Waals surface area contributed by atoms with Gasteiger partial charge in [-0.1, -0.05) is 12.1 Å². The van der Waals surface area contributed by atoms with Crippen LogP contribution in [0, 0.1) is 0 Å². The summed E-state index contributed by atoms with van der Waals surface area (Å²) in [6.07, 6.45) is 5.10. The summed E-state index contributed by atoms with van der Waals surface area (Å²) in [4.78, 5) is 34.5. The SMILES string of the molecule is CNC(=O)c1ccc(CCC(=O)c2nc(-c3nccs3)sc2C2CC2)cc1. The van der Waals surface area contributed by atoms with Gasteiger partial charge in [-0.2, -0.15) is 0 Å². The number of nitrogens with one attached hydrogen (secondary N) is 1. The number of carbonyl (C=O) groups excluding carboxylic acids is 2. The fraction of sp³-hybridized carbons (Fsp3) is 0.300. The van der Waals surface area contributed by atoms with E-state index in [4.69, 9.17) is 0 Å². The first kappa shape index (κ1) is 18.0. The highest BCUT2D eigenvalue weighted by atomic mass is 32.1. The molecule has 1 aromatic carbocycles. The van der Waals surface area contributed by atoms with Gasteiger partial charge in [0.15, 0.2) is 15.8 Å². The molecule has 1 N–H and O–H groups in total. The van der Waals surface area contributed by atoms with E-state index in [1.54, 1.807) is 48.1 Å². The second kappa shape index (κ2) is 7.70. The largest absolute Gasteiger partial charge is 0.355 e. The summed E-state index contributed by atoms with van der Waals surface area (Å²) in [5, 5.41) is 6.26. The zero-order valence-electron chi connectivity index (χ0n) is 14.9. The zero-order chi connectivity index (χ0) is 18.8. The van der Waals surface area contributed by atoms with Crippen molar-refractivity contribution < 1.29 is 9.59 Å². The van der Waals surface area contributed by atoms with Crippen molar-refractivity contribution in [3.8, 4) is 10.0 Å². The number of aromatic nitrogens is 2. The van der Waals surface area contributed by atoms with Gasteiger partial charge in [-0.25, -0.2) is 9.97 Å². The molecule has 0 aliphatic heterocycles. The first-order valence-corrected chi connectivity index (χ1v) is 10.6. The molecule has 0 atom stereocenters. The predicted molar refractivity (Wildman–Crippen MR) is 108 cm³/mol. The molecule has 0 saturated heterocycles. The minimum atomic E-state index is -0.108. The predicted octanol–water partition coefficient (Wildman–Crippen LogP) is 4.32. The number of rotatable bonds is 7. The van der Waals surface area contributed by atoms with Gasteiger partial charge in [0.05, 0.1) is 0 Å². The van der Waals surface area contributed by atoms with Crippen molar-refractivity contribution in [2.75, 3.05) is 7.05 Å². The molecule has 2 aromatic heterocycles. The van der Waals surface area contributed by atoms with Crippen LogP contribution in [0.25, 0.3) is 10.0 Å². The van der Waals surface area contributed by atoms with Gasteiger partial charge in [-0.05, 0) is 42.9 Å². The van der Waals surface area contributed by atoms with Crippen molar-refractivity contribution in [2.24, 2.45) is 0 Å². The third kappa shape index (κ3) is 3.99. The summed E-state index contributed by atoms with van der Waals surface area (Å²) in [7, 11) is 1.61. The topological polar surface area (TPSA) is 72.0 Å². The summed E-state index contributed by atoms with van der Waals surface area (Å²) in [6.45, 7) is 0. The summed E-state index contributed by atoms with van der Waals surface area (Å²) >= 11 is 3.17. The van der Waals surface area contributed by atoms with E-state index in [2.05, 4.69) is 15.3 Å². The maximum atomic E-state index is 12.8. The molecule has 0 bridgehead atoms. The van der Waals surface area contributed by atoms with Crippen LogP contribution >= 0.6 is 22.7 Å².